The van der Waals surface area contributed by atoms with Crippen molar-refractivity contribution in [1.82, 2.24) is 15.5 Å². The summed E-state index contributed by atoms with van der Waals surface area (Å²) in [5.41, 5.74) is 7.15. The third-order valence-electron chi connectivity index (χ3n) is 5.13. The molecule has 0 saturated heterocycles. The first kappa shape index (κ1) is 29.9. The topological polar surface area (TPSA) is 131 Å². The molecule has 9 heteroatoms. The van der Waals surface area contributed by atoms with Crippen LogP contribution in [0.4, 0.5) is 4.79 Å². The highest BCUT2D eigenvalue weighted by molar-refractivity contribution is 5.92. The molecular weight excluding hydrogens is 448 g/mol. The minimum atomic E-state index is -1.09. The standard InChI is InChI=1S/C26H42N4O5/c1-9-14-30(22(23(32)28-16(2)3)19-11-10-17(4)15-18(19)5)24(33)20(12-13-21(27)31)29-25(34)35-26(6,7)8/h10-11,15-16,20,22H,9,12-14H2,1-8H3,(H2,27,31)(H,28,32)(H,29,34). The van der Waals surface area contributed by atoms with E-state index in [4.69, 9.17) is 10.5 Å². The van der Waals surface area contributed by atoms with Crippen molar-refractivity contribution < 1.29 is 23.9 Å². The van der Waals surface area contributed by atoms with E-state index in [-0.39, 0.29) is 31.3 Å². The molecule has 0 radical (unpaired) electrons. The molecule has 4 N–H and O–H groups in total. The molecule has 1 rings (SSSR count). The van der Waals surface area contributed by atoms with E-state index in [9.17, 15) is 19.2 Å². The summed E-state index contributed by atoms with van der Waals surface area (Å²) in [5.74, 6) is -1.40. The molecule has 35 heavy (non-hydrogen) atoms. The number of nitrogens with two attached hydrogens (primary N) is 1. The average Bonchev–Trinajstić information content (AvgIpc) is 2.69. The molecule has 0 aliphatic carbocycles. The average molecular weight is 491 g/mol. The Morgan fingerprint density at radius 1 is 1.09 bits per heavy atom. The molecule has 1 aromatic rings. The monoisotopic (exact) mass is 490 g/mol. The van der Waals surface area contributed by atoms with Gasteiger partial charge in [-0.05, 0) is 72.4 Å². The minimum absolute atomic E-state index is 0.0149. The molecule has 0 aromatic heterocycles. The molecule has 0 spiro atoms. The number of alkyl carbamates (subject to hydrolysis) is 1. The maximum absolute atomic E-state index is 13.9. The van der Waals surface area contributed by atoms with Crippen LogP contribution in [0.3, 0.4) is 0 Å². The van der Waals surface area contributed by atoms with Crippen molar-refractivity contribution in [3.05, 3.63) is 34.9 Å². The van der Waals surface area contributed by atoms with E-state index in [0.29, 0.717) is 12.0 Å². The van der Waals surface area contributed by atoms with E-state index in [1.165, 1.54) is 4.90 Å². The Labute approximate surface area is 209 Å². The van der Waals surface area contributed by atoms with Gasteiger partial charge in [0.05, 0.1) is 0 Å². The van der Waals surface area contributed by atoms with Gasteiger partial charge in [0.2, 0.25) is 17.7 Å². The fourth-order valence-corrected chi connectivity index (χ4v) is 3.75. The molecule has 0 aliphatic rings. The number of nitrogens with zero attached hydrogens (tertiary/aromatic N) is 1. The van der Waals surface area contributed by atoms with Gasteiger partial charge in [-0.1, -0.05) is 30.7 Å². The van der Waals surface area contributed by atoms with Crippen LogP contribution in [0.25, 0.3) is 0 Å². The van der Waals surface area contributed by atoms with Gasteiger partial charge in [0.25, 0.3) is 0 Å². The smallest absolute Gasteiger partial charge is 0.408 e. The van der Waals surface area contributed by atoms with Gasteiger partial charge in [0.15, 0.2) is 0 Å². The third-order valence-corrected chi connectivity index (χ3v) is 5.13. The lowest BCUT2D eigenvalue weighted by molar-refractivity contribution is -0.143. The first-order valence-electron chi connectivity index (χ1n) is 12.1. The zero-order valence-corrected chi connectivity index (χ0v) is 22.4. The second kappa shape index (κ2) is 13.1. The van der Waals surface area contributed by atoms with Gasteiger partial charge in [-0.15, -0.1) is 0 Å². The maximum atomic E-state index is 13.9. The molecule has 0 bridgehead atoms. The lowest BCUT2D eigenvalue weighted by Crippen LogP contribution is -2.54. The van der Waals surface area contributed by atoms with Crippen molar-refractivity contribution in [3.63, 3.8) is 0 Å². The summed E-state index contributed by atoms with van der Waals surface area (Å²) >= 11 is 0. The van der Waals surface area contributed by atoms with Crippen LogP contribution in [0.5, 0.6) is 0 Å². The molecule has 9 nitrogen and oxygen atoms in total. The molecule has 2 unspecified atom stereocenters. The van der Waals surface area contributed by atoms with Crippen LogP contribution >= 0.6 is 0 Å². The van der Waals surface area contributed by atoms with Gasteiger partial charge in [-0.3, -0.25) is 14.4 Å². The van der Waals surface area contributed by atoms with Crippen molar-refractivity contribution in [2.24, 2.45) is 5.73 Å². The highest BCUT2D eigenvalue weighted by Gasteiger charge is 2.36. The molecule has 4 amide bonds. The molecule has 0 fully saturated rings. The van der Waals surface area contributed by atoms with Crippen LogP contribution in [0.2, 0.25) is 0 Å². The van der Waals surface area contributed by atoms with Gasteiger partial charge >= 0.3 is 6.09 Å². The highest BCUT2D eigenvalue weighted by atomic mass is 16.6. The predicted molar refractivity (Wildman–Crippen MR) is 136 cm³/mol. The Morgan fingerprint density at radius 3 is 2.20 bits per heavy atom. The molecule has 0 heterocycles. The highest BCUT2D eigenvalue weighted by Crippen LogP contribution is 2.27. The lowest BCUT2D eigenvalue weighted by Gasteiger charge is -2.35. The number of carbonyl (C=O) groups excluding carboxylic acids is 4. The van der Waals surface area contributed by atoms with E-state index in [2.05, 4.69) is 10.6 Å². The molecule has 0 saturated carbocycles. The van der Waals surface area contributed by atoms with Crippen LogP contribution < -0.4 is 16.4 Å². The normalized spacial score (nSPS) is 13.1. The van der Waals surface area contributed by atoms with Crippen molar-refractivity contribution in [1.29, 1.82) is 0 Å². The first-order valence-corrected chi connectivity index (χ1v) is 12.1. The third kappa shape index (κ3) is 9.96. The number of ether oxygens (including phenoxy) is 1. The summed E-state index contributed by atoms with van der Waals surface area (Å²) in [6, 6.07) is 3.57. The molecule has 1 aromatic carbocycles. The Kier molecular flexibility index (Phi) is 11.2. The van der Waals surface area contributed by atoms with Gasteiger partial charge < -0.3 is 26.0 Å². The number of nitrogens with one attached hydrogen (secondary N) is 2. The van der Waals surface area contributed by atoms with Crippen LogP contribution in [-0.2, 0) is 19.1 Å². The molecular formula is C26H42N4O5. The number of hydrogen-bond donors (Lipinski definition) is 3. The van der Waals surface area contributed by atoms with Gasteiger partial charge in [-0.2, -0.15) is 0 Å². The summed E-state index contributed by atoms with van der Waals surface area (Å²) in [7, 11) is 0. The fourth-order valence-electron chi connectivity index (χ4n) is 3.75. The van der Waals surface area contributed by atoms with E-state index < -0.39 is 35.6 Å². The Balaban J connectivity index is 3.49. The maximum Gasteiger partial charge on any atom is 0.408 e. The number of carbonyl (C=O) groups is 4. The Morgan fingerprint density at radius 2 is 1.71 bits per heavy atom. The van der Waals surface area contributed by atoms with Crippen LogP contribution in [0.15, 0.2) is 18.2 Å². The molecule has 2 atom stereocenters. The van der Waals surface area contributed by atoms with E-state index in [1.807, 2.05) is 52.8 Å². The number of primary amides is 1. The van der Waals surface area contributed by atoms with Crippen molar-refractivity contribution >= 4 is 23.8 Å². The van der Waals surface area contributed by atoms with Gasteiger partial charge in [-0.25, -0.2) is 4.79 Å². The van der Waals surface area contributed by atoms with Crippen LogP contribution in [0.1, 0.15) is 83.5 Å². The minimum Gasteiger partial charge on any atom is -0.444 e. The van der Waals surface area contributed by atoms with Crippen molar-refractivity contribution in [2.75, 3.05) is 6.54 Å². The number of aryl methyl sites for hydroxylation is 2. The van der Waals surface area contributed by atoms with Crippen molar-refractivity contribution in [3.8, 4) is 0 Å². The van der Waals surface area contributed by atoms with Crippen LogP contribution in [0, 0.1) is 13.8 Å². The second-order valence-corrected chi connectivity index (χ2v) is 10.2. The van der Waals surface area contributed by atoms with Crippen LogP contribution in [-0.4, -0.2) is 52.9 Å². The largest absolute Gasteiger partial charge is 0.444 e. The Bertz CT molecular complexity index is 907. The summed E-state index contributed by atoms with van der Waals surface area (Å²) in [5, 5.41) is 5.50. The first-order chi connectivity index (χ1) is 16.2. The lowest BCUT2D eigenvalue weighted by atomic mass is 9.95. The zero-order chi connectivity index (χ0) is 26.9. The van der Waals surface area contributed by atoms with E-state index in [0.717, 1.165) is 11.1 Å². The second-order valence-electron chi connectivity index (χ2n) is 10.2. The van der Waals surface area contributed by atoms with Gasteiger partial charge in [0, 0.05) is 19.0 Å². The molecule has 0 aliphatic heterocycles. The Hall–Kier alpha value is -3.10. The van der Waals surface area contributed by atoms with Crippen molar-refractivity contribution in [2.45, 2.75) is 98.4 Å². The summed E-state index contributed by atoms with van der Waals surface area (Å²) in [4.78, 5) is 52.7. The zero-order valence-electron chi connectivity index (χ0n) is 22.4. The summed E-state index contributed by atoms with van der Waals surface area (Å²) < 4.78 is 5.33. The van der Waals surface area contributed by atoms with E-state index >= 15 is 0 Å². The quantitative estimate of drug-likeness (QED) is 0.438. The number of amides is 4. The fraction of sp³-hybridized carbons (Fsp3) is 0.615. The predicted octanol–water partition coefficient (Wildman–Crippen LogP) is 3.27. The van der Waals surface area contributed by atoms with E-state index in [1.54, 1.807) is 20.8 Å². The van der Waals surface area contributed by atoms with Gasteiger partial charge in [0.1, 0.15) is 17.7 Å². The molecule has 196 valence electrons. The number of rotatable bonds is 11. The number of hydrogen-bond acceptors (Lipinski definition) is 5. The summed E-state index contributed by atoms with van der Waals surface area (Å²) in [6.45, 7) is 14.9. The SMILES string of the molecule is CCCN(C(=O)C(CCC(N)=O)NC(=O)OC(C)(C)C)C(C(=O)NC(C)C)c1ccc(C)cc1C. The number of benzene rings is 1. The summed E-state index contributed by atoms with van der Waals surface area (Å²) in [6.07, 6.45) is -0.333.